The molecule has 3 aliphatic heterocycles. The molecular weight excluding hydrogens is 404 g/mol. The van der Waals surface area contributed by atoms with Gasteiger partial charge >= 0.3 is 0 Å². The minimum absolute atomic E-state index is 0.286. The maximum absolute atomic E-state index is 6.25. The number of hydrogen-bond acceptors (Lipinski definition) is 5. The van der Waals surface area contributed by atoms with Crippen LogP contribution in [0.1, 0.15) is 51.0 Å². The summed E-state index contributed by atoms with van der Waals surface area (Å²) in [6.45, 7) is 3.24. The molecular formula is C27H34O5. The van der Waals surface area contributed by atoms with Crippen LogP contribution in [0.15, 0.2) is 54.6 Å². The van der Waals surface area contributed by atoms with Gasteiger partial charge in [0.1, 0.15) is 0 Å². The second-order valence-corrected chi connectivity index (χ2v) is 9.61. The Bertz CT molecular complexity index is 885. The summed E-state index contributed by atoms with van der Waals surface area (Å²) in [5.41, 5.74) is 3.10. The summed E-state index contributed by atoms with van der Waals surface area (Å²) in [7, 11) is 1.71. The molecule has 32 heavy (non-hydrogen) atoms. The third-order valence-electron chi connectivity index (χ3n) is 7.57. The largest absolute Gasteiger partial charge is 0.377 e. The lowest BCUT2D eigenvalue weighted by atomic mass is 9.65. The molecule has 5 atom stereocenters. The van der Waals surface area contributed by atoms with Gasteiger partial charge < -0.3 is 14.2 Å². The van der Waals surface area contributed by atoms with Crippen LogP contribution in [0.3, 0.4) is 0 Å². The van der Waals surface area contributed by atoms with Gasteiger partial charge in [0.2, 0.25) is 5.79 Å². The van der Waals surface area contributed by atoms with Gasteiger partial charge in [0.25, 0.3) is 0 Å². The Morgan fingerprint density at radius 1 is 0.938 bits per heavy atom. The maximum Gasteiger partial charge on any atom is 0.201 e. The lowest BCUT2D eigenvalue weighted by Gasteiger charge is -2.53. The van der Waals surface area contributed by atoms with E-state index in [1.807, 2.05) is 13.0 Å². The number of benzene rings is 2. The molecule has 3 saturated heterocycles. The van der Waals surface area contributed by atoms with E-state index >= 15 is 0 Å². The Balaban J connectivity index is 1.19. The van der Waals surface area contributed by atoms with Crippen molar-refractivity contribution in [2.24, 2.45) is 11.8 Å². The molecule has 2 aromatic rings. The molecule has 0 aromatic heterocycles. The molecule has 1 saturated carbocycles. The lowest BCUT2D eigenvalue weighted by Crippen LogP contribution is -2.63. The van der Waals surface area contributed by atoms with E-state index in [2.05, 4.69) is 48.5 Å². The van der Waals surface area contributed by atoms with Gasteiger partial charge in [-0.15, -0.1) is 0 Å². The third-order valence-corrected chi connectivity index (χ3v) is 7.57. The molecule has 6 rings (SSSR count). The van der Waals surface area contributed by atoms with E-state index in [0.29, 0.717) is 19.1 Å². The van der Waals surface area contributed by atoms with Crippen LogP contribution in [-0.2, 0) is 30.6 Å². The monoisotopic (exact) mass is 438 g/mol. The molecule has 1 spiro atoms. The second kappa shape index (κ2) is 9.24. The first-order chi connectivity index (χ1) is 15.6. The number of methoxy groups -OCH3 is 1. The predicted octanol–water partition coefficient (Wildman–Crippen LogP) is 5.88. The zero-order chi connectivity index (χ0) is 22.0. The maximum atomic E-state index is 6.25. The van der Waals surface area contributed by atoms with E-state index in [0.717, 1.165) is 32.1 Å². The molecule has 172 valence electrons. The SMILES string of the molecule is CO[C@H]1O[C@@]2(C)CC[C@H]3CCC[C@@H](CCOCc4ccc(-c5ccccc5)cc4)[C@]31OO2. The van der Waals surface area contributed by atoms with Gasteiger partial charge in [-0.2, -0.15) is 0 Å². The number of ether oxygens (including phenoxy) is 3. The molecule has 4 fully saturated rings. The average molecular weight is 439 g/mol. The van der Waals surface area contributed by atoms with Gasteiger partial charge in [-0.25, -0.2) is 9.78 Å². The van der Waals surface area contributed by atoms with Crippen molar-refractivity contribution in [2.75, 3.05) is 13.7 Å². The second-order valence-electron chi connectivity index (χ2n) is 9.61. The molecule has 5 heteroatoms. The first kappa shape index (κ1) is 22.1. The van der Waals surface area contributed by atoms with Gasteiger partial charge in [0.15, 0.2) is 11.9 Å². The van der Waals surface area contributed by atoms with Gasteiger partial charge in [-0.3, -0.25) is 0 Å². The number of fused-ring (bicyclic) bond motifs is 3. The fraction of sp³-hybridized carbons (Fsp3) is 0.556. The summed E-state index contributed by atoms with van der Waals surface area (Å²) in [5.74, 6) is -0.0358. The molecule has 3 heterocycles. The average Bonchev–Trinajstić information content (AvgIpc) is 3.07. The molecule has 2 bridgehead atoms. The summed E-state index contributed by atoms with van der Waals surface area (Å²) in [4.78, 5) is 12.0. The van der Waals surface area contributed by atoms with E-state index in [1.54, 1.807) is 7.11 Å². The zero-order valence-corrected chi connectivity index (χ0v) is 19.1. The number of rotatable bonds is 7. The highest BCUT2D eigenvalue weighted by molar-refractivity contribution is 5.63. The first-order valence-corrected chi connectivity index (χ1v) is 11.9. The van der Waals surface area contributed by atoms with Crippen LogP contribution in [0, 0.1) is 11.8 Å². The molecule has 0 radical (unpaired) electrons. The fourth-order valence-corrected chi connectivity index (χ4v) is 5.80. The topological polar surface area (TPSA) is 46.2 Å². The van der Waals surface area contributed by atoms with Crippen molar-refractivity contribution in [1.82, 2.24) is 0 Å². The zero-order valence-electron chi connectivity index (χ0n) is 19.1. The molecule has 5 nitrogen and oxygen atoms in total. The van der Waals surface area contributed by atoms with E-state index in [1.165, 1.54) is 23.1 Å². The molecule has 1 aliphatic carbocycles. The Morgan fingerprint density at radius 3 is 2.50 bits per heavy atom. The van der Waals surface area contributed by atoms with E-state index in [4.69, 9.17) is 24.0 Å². The molecule has 0 unspecified atom stereocenters. The van der Waals surface area contributed by atoms with E-state index in [9.17, 15) is 0 Å². The Morgan fingerprint density at radius 2 is 1.72 bits per heavy atom. The van der Waals surface area contributed by atoms with E-state index < -0.39 is 17.7 Å². The summed E-state index contributed by atoms with van der Waals surface area (Å²) in [5, 5.41) is 0. The van der Waals surface area contributed by atoms with Gasteiger partial charge in [-0.1, -0.05) is 61.0 Å². The van der Waals surface area contributed by atoms with Crippen molar-refractivity contribution in [1.29, 1.82) is 0 Å². The van der Waals surface area contributed by atoms with Crippen molar-refractivity contribution in [3.05, 3.63) is 60.2 Å². The fourth-order valence-electron chi connectivity index (χ4n) is 5.80. The lowest BCUT2D eigenvalue weighted by molar-refractivity contribution is -0.554. The highest BCUT2D eigenvalue weighted by Gasteiger charge is 2.63. The Kier molecular flexibility index (Phi) is 6.37. The van der Waals surface area contributed by atoms with Crippen molar-refractivity contribution in [3.8, 4) is 11.1 Å². The minimum atomic E-state index is -0.712. The van der Waals surface area contributed by atoms with Crippen LogP contribution < -0.4 is 0 Å². The van der Waals surface area contributed by atoms with Gasteiger partial charge in [0.05, 0.1) is 6.61 Å². The molecule has 2 aromatic carbocycles. The Labute approximate surface area is 190 Å². The van der Waals surface area contributed by atoms with Gasteiger partial charge in [-0.05, 0) is 61.1 Å². The molecule has 0 amide bonds. The van der Waals surface area contributed by atoms with Crippen molar-refractivity contribution in [2.45, 2.75) is 69.7 Å². The van der Waals surface area contributed by atoms with Crippen LogP contribution in [0.2, 0.25) is 0 Å². The van der Waals surface area contributed by atoms with Crippen LogP contribution in [-0.4, -0.2) is 31.4 Å². The highest BCUT2D eigenvalue weighted by atomic mass is 17.3. The van der Waals surface area contributed by atoms with Crippen LogP contribution >= 0.6 is 0 Å². The van der Waals surface area contributed by atoms with E-state index in [-0.39, 0.29) is 5.92 Å². The predicted molar refractivity (Wildman–Crippen MR) is 121 cm³/mol. The first-order valence-electron chi connectivity index (χ1n) is 11.9. The van der Waals surface area contributed by atoms with Crippen molar-refractivity contribution < 1.29 is 24.0 Å². The summed E-state index contributed by atoms with van der Waals surface area (Å²) >= 11 is 0. The van der Waals surface area contributed by atoms with Crippen molar-refractivity contribution in [3.63, 3.8) is 0 Å². The normalized spacial score (nSPS) is 34.1. The molecule has 4 aliphatic rings. The standard InChI is InChI=1S/C27H34O5/c1-26-17-15-23-9-6-10-24(27(23,32-31-26)25(28-2)30-26)16-18-29-19-20-11-13-22(14-12-20)21-7-4-3-5-8-21/h3-5,7-8,11-14,23-25H,6,9-10,15-19H2,1-2H3/t23-,24+,25+,26-,27-/m1/s1. The van der Waals surface area contributed by atoms with Gasteiger partial charge in [0, 0.05) is 20.1 Å². The minimum Gasteiger partial charge on any atom is -0.377 e. The van der Waals surface area contributed by atoms with Crippen LogP contribution in [0.4, 0.5) is 0 Å². The quantitative estimate of drug-likeness (QED) is 0.399. The van der Waals surface area contributed by atoms with Crippen LogP contribution in [0.5, 0.6) is 0 Å². The smallest absolute Gasteiger partial charge is 0.201 e. The number of hydrogen-bond donors (Lipinski definition) is 0. The summed E-state index contributed by atoms with van der Waals surface area (Å²) in [6, 6.07) is 19.1. The Hall–Kier alpha value is -1.76. The third kappa shape index (κ3) is 4.13. The van der Waals surface area contributed by atoms with Crippen LogP contribution in [0.25, 0.3) is 11.1 Å². The highest BCUT2D eigenvalue weighted by Crippen LogP contribution is 2.55. The summed E-state index contributed by atoms with van der Waals surface area (Å²) in [6.07, 6.45) is 5.80. The summed E-state index contributed by atoms with van der Waals surface area (Å²) < 4.78 is 18.2. The molecule has 0 N–H and O–H groups in total. The van der Waals surface area contributed by atoms with Crippen molar-refractivity contribution >= 4 is 0 Å².